The van der Waals surface area contributed by atoms with Gasteiger partial charge in [-0.2, -0.15) is 0 Å². The van der Waals surface area contributed by atoms with Crippen molar-refractivity contribution in [3.8, 4) is 0 Å². The van der Waals surface area contributed by atoms with Crippen LogP contribution < -0.4 is 10.6 Å². The van der Waals surface area contributed by atoms with E-state index in [4.69, 9.17) is 4.74 Å². The monoisotopic (exact) mass is 535 g/mol. The fourth-order valence-electron chi connectivity index (χ4n) is 4.21. The zero-order valence-electron chi connectivity index (χ0n) is 24.7. The summed E-state index contributed by atoms with van der Waals surface area (Å²) in [7, 11) is 0. The summed E-state index contributed by atoms with van der Waals surface area (Å²) in [4.78, 5) is 42.8. The van der Waals surface area contributed by atoms with Gasteiger partial charge >= 0.3 is 6.09 Å². The molecule has 3 amide bonds. The van der Waals surface area contributed by atoms with Crippen LogP contribution in [0, 0.1) is 0 Å². The third-order valence-electron chi connectivity index (χ3n) is 6.08. The van der Waals surface area contributed by atoms with E-state index in [0.29, 0.717) is 12.0 Å². The highest BCUT2D eigenvalue weighted by molar-refractivity contribution is 5.93. The molecule has 212 valence electrons. The minimum absolute atomic E-state index is 0.242. The molecule has 2 aromatic rings. The van der Waals surface area contributed by atoms with Gasteiger partial charge in [-0.3, -0.25) is 9.59 Å². The standard InChI is InChI=1S/C32H45N3O4/c1-10-22(3)35(27(28(36)34-31(4,5)6)25-19-15-18-23(11-2)20-25)29(37)26(21-24-16-13-12-14-17-24)33-30(38)39-32(7,8)9/h11-20,22,26-27H,2,10,21H2,1,3-9H3,(H,33,38)(H,34,36). The highest BCUT2D eigenvalue weighted by atomic mass is 16.6. The third kappa shape index (κ3) is 9.89. The molecule has 2 aromatic carbocycles. The summed E-state index contributed by atoms with van der Waals surface area (Å²) in [5.74, 6) is -0.662. The van der Waals surface area contributed by atoms with Gasteiger partial charge in [-0.05, 0) is 77.6 Å². The van der Waals surface area contributed by atoms with Crippen molar-refractivity contribution in [1.29, 1.82) is 0 Å². The molecule has 0 spiro atoms. The average Bonchev–Trinajstić information content (AvgIpc) is 2.84. The summed E-state index contributed by atoms with van der Waals surface area (Å²) < 4.78 is 5.50. The molecule has 39 heavy (non-hydrogen) atoms. The Bertz CT molecular complexity index is 1130. The van der Waals surface area contributed by atoms with Crippen molar-refractivity contribution in [2.24, 2.45) is 0 Å². The van der Waals surface area contributed by atoms with Gasteiger partial charge in [-0.15, -0.1) is 0 Å². The van der Waals surface area contributed by atoms with Crippen molar-refractivity contribution in [3.63, 3.8) is 0 Å². The number of nitrogens with one attached hydrogen (secondary N) is 2. The Morgan fingerprint density at radius 1 is 1.00 bits per heavy atom. The topological polar surface area (TPSA) is 87.7 Å². The molecule has 0 fully saturated rings. The number of benzene rings is 2. The molecular weight excluding hydrogens is 490 g/mol. The fraction of sp³-hybridized carbons (Fsp3) is 0.469. The number of hydrogen-bond donors (Lipinski definition) is 2. The van der Waals surface area contributed by atoms with Gasteiger partial charge in [0.1, 0.15) is 17.7 Å². The first-order valence-corrected chi connectivity index (χ1v) is 13.5. The first kappa shape index (κ1) is 31.6. The van der Waals surface area contributed by atoms with Crippen molar-refractivity contribution in [1.82, 2.24) is 15.5 Å². The lowest BCUT2D eigenvalue weighted by Gasteiger charge is -2.39. The van der Waals surface area contributed by atoms with E-state index in [1.54, 1.807) is 31.7 Å². The molecule has 0 aromatic heterocycles. The van der Waals surface area contributed by atoms with Gasteiger partial charge in [-0.1, -0.05) is 68.1 Å². The zero-order chi connectivity index (χ0) is 29.4. The second-order valence-electron chi connectivity index (χ2n) is 11.9. The molecule has 0 heterocycles. The zero-order valence-corrected chi connectivity index (χ0v) is 24.7. The maximum absolute atomic E-state index is 14.4. The first-order valence-electron chi connectivity index (χ1n) is 13.5. The van der Waals surface area contributed by atoms with Crippen LogP contribution in [0.1, 0.15) is 84.5 Å². The van der Waals surface area contributed by atoms with Crippen LogP contribution >= 0.6 is 0 Å². The molecule has 2 N–H and O–H groups in total. The molecule has 0 aliphatic heterocycles. The van der Waals surface area contributed by atoms with E-state index in [9.17, 15) is 14.4 Å². The molecule has 0 bridgehead atoms. The molecule has 0 saturated heterocycles. The Balaban J connectivity index is 2.63. The van der Waals surface area contributed by atoms with E-state index in [-0.39, 0.29) is 24.3 Å². The second-order valence-corrected chi connectivity index (χ2v) is 11.9. The second kappa shape index (κ2) is 13.5. The van der Waals surface area contributed by atoms with Gasteiger partial charge in [0.15, 0.2) is 0 Å². The fourth-order valence-corrected chi connectivity index (χ4v) is 4.21. The lowest BCUT2D eigenvalue weighted by Crippen LogP contribution is -2.57. The molecule has 3 unspecified atom stereocenters. The van der Waals surface area contributed by atoms with Gasteiger partial charge in [-0.25, -0.2) is 4.79 Å². The summed E-state index contributed by atoms with van der Waals surface area (Å²) in [6.45, 7) is 18.8. The Morgan fingerprint density at radius 2 is 1.64 bits per heavy atom. The number of alkyl carbamates (subject to hydrolysis) is 1. The Hall–Kier alpha value is -3.61. The van der Waals surface area contributed by atoms with Crippen molar-refractivity contribution in [2.45, 2.75) is 97.5 Å². The molecule has 0 aliphatic carbocycles. The van der Waals surface area contributed by atoms with E-state index in [2.05, 4.69) is 17.2 Å². The quantitative estimate of drug-likeness (QED) is 0.388. The van der Waals surface area contributed by atoms with Gasteiger partial charge in [0.2, 0.25) is 11.8 Å². The molecule has 2 rings (SSSR count). The average molecular weight is 536 g/mol. The van der Waals surface area contributed by atoms with E-state index >= 15 is 0 Å². The normalized spacial score (nSPS) is 13.9. The van der Waals surface area contributed by atoms with Crippen LogP contribution in [0.25, 0.3) is 6.08 Å². The molecule has 0 saturated carbocycles. The summed E-state index contributed by atoms with van der Waals surface area (Å²) >= 11 is 0. The van der Waals surface area contributed by atoms with E-state index in [1.807, 2.05) is 89.2 Å². The predicted octanol–water partition coefficient (Wildman–Crippen LogP) is 6.05. The Labute approximate surface area is 234 Å². The van der Waals surface area contributed by atoms with E-state index in [0.717, 1.165) is 11.1 Å². The molecule has 7 heteroatoms. The number of nitrogens with zero attached hydrogens (tertiary/aromatic N) is 1. The lowest BCUT2D eigenvalue weighted by molar-refractivity contribution is -0.145. The number of amides is 3. The maximum atomic E-state index is 14.4. The van der Waals surface area contributed by atoms with Crippen molar-refractivity contribution in [2.75, 3.05) is 0 Å². The number of carbonyl (C=O) groups is 3. The van der Waals surface area contributed by atoms with Crippen LogP contribution in [0.4, 0.5) is 4.79 Å². The number of rotatable bonds is 10. The van der Waals surface area contributed by atoms with Crippen molar-refractivity contribution in [3.05, 3.63) is 77.9 Å². The van der Waals surface area contributed by atoms with Crippen LogP contribution in [0.2, 0.25) is 0 Å². The van der Waals surface area contributed by atoms with Crippen molar-refractivity contribution >= 4 is 24.0 Å². The van der Waals surface area contributed by atoms with Crippen molar-refractivity contribution < 1.29 is 19.1 Å². The minimum atomic E-state index is -0.955. The van der Waals surface area contributed by atoms with Crippen LogP contribution in [-0.2, 0) is 20.7 Å². The predicted molar refractivity (Wildman–Crippen MR) is 157 cm³/mol. The highest BCUT2D eigenvalue weighted by Gasteiger charge is 2.39. The first-order chi connectivity index (χ1) is 18.1. The highest BCUT2D eigenvalue weighted by Crippen LogP contribution is 2.28. The number of ether oxygens (including phenoxy) is 1. The number of carbonyl (C=O) groups excluding carboxylic acids is 3. The van der Waals surface area contributed by atoms with Gasteiger partial charge in [0.05, 0.1) is 0 Å². The van der Waals surface area contributed by atoms with Crippen LogP contribution in [0.15, 0.2) is 61.2 Å². The molecule has 0 aliphatic rings. The van der Waals surface area contributed by atoms with Crippen LogP contribution in [0.3, 0.4) is 0 Å². The molecule has 0 radical (unpaired) electrons. The maximum Gasteiger partial charge on any atom is 0.408 e. The minimum Gasteiger partial charge on any atom is -0.444 e. The summed E-state index contributed by atoms with van der Waals surface area (Å²) in [6, 6.07) is 14.8. The molecule has 7 nitrogen and oxygen atoms in total. The lowest BCUT2D eigenvalue weighted by atomic mass is 9.96. The third-order valence-corrected chi connectivity index (χ3v) is 6.08. The van der Waals surface area contributed by atoms with Gasteiger partial charge < -0.3 is 20.3 Å². The summed E-state index contributed by atoms with van der Waals surface area (Å²) in [6.07, 6.45) is 1.87. The Kier molecular flexibility index (Phi) is 10.9. The van der Waals surface area contributed by atoms with Gasteiger partial charge in [0.25, 0.3) is 0 Å². The summed E-state index contributed by atoms with van der Waals surface area (Å²) in [5.41, 5.74) is 1.12. The SMILES string of the molecule is C=Cc1cccc(C(C(=O)NC(C)(C)C)N(C(=O)C(Cc2ccccc2)NC(=O)OC(C)(C)C)C(C)CC)c1. The van der Waals surface area contributed by atoms with Crippen LogP contribution in [-0.4, -0.2) is 46.0 Å². The molecular formula is C32H45N3O4. The summed E-state index contributed by atoms with van der Waals surface area (Å²) in [5, 5.41) is 5.86. The molecule has 3 atom stereocenters. The smallest absolute Gasteiger partial charge is 0.408 e. The van der Waals surface area contributed by atoms with E-state index in [1.165, 1.54) is 0 Å². The largest absolute Gasteiger partial charge is 0.444 e. The Morgan fingerprint density at radius 3 is 2.18 bits per heavy atom. The number of hydrogen-bond acceptors (Lipinski definition) is 4. The van der Waals surface area contributed by atoms with Gasteiger partial charge in [0, 0.05) is 18.0 Å². The van der Waals surface area contributed by atoms with Crippen LogP contribution in [0.5, 0.6) is 0 Å². The van der Waals surface area contributed by atoms with E-state index < -0.39 is 29.3 Å².